The number of halogens is 1. The second-order valence-corrected chi connectivity index (χ2v) is 5.74. The van der Waals surface area contributed by atoms with E-state index in [4.69, 9.17) is 5.73 Å². The number of nitrogen functional groups attached to an aromatic ring is 1. The molecule has 0 aromatic heterocycles. The molecule has 4 heteroatoms. The van der Waals surface area contributed by atoms with E-state index in [0.29, 0.717) is 11.3 Å². The molecule has 0 heterocycles. The van der Waals surface area contributed by atoms with Crippen LogP contribution in [0.25, 0.3) is 0 Å². The molecule has 0 aliphatic carbocycles. The van der Waals surface area contributed by atoms with Crippen LogP contribution in [0.5, 0.6) is 0 Å². The first-order chi connectivity index (χ1) is 8.97. The molecule has 2 aromatic rings. The van der Waals surface area contributed by atoms with Gasteiger partial charge in [-0.3, -0.25) is 4.79 Å². The maximum atomic E-state index is 12.2. The van der Waals surface area contributed by atoms with Crippen LogP contribution in [0.3, 0.4) is 0 Å². The number of hydrogen-bond donors (Lipinski definition) is 2. The number of carbonyl (C=O) groups is 1. The molecule has 0 aliphatic heterocycles. The van der Waals surface area contributed by atoms with Crippen LogP contribution in [0.4, 0.5) is 11.4 Å². The Morgan fingerprint density at radius 3 is 2.37 bits per heavy atom. The largest absolute Gasteiger partial charge is 0.399 e. The molecule has 2 rings (SSSR count). The highest BCUT2D eigenvalue weighted by molar-refractivity contribution is 14.1. The minimum Gasteiger partial charge on any atom is -0.399 e. The minimum atomic E-state index is -0.102. The number of benzene rings is 2. The molecule has 0 saturated heterocycles. The third-order valence-electron chi connectivity index (χ3n) is 2.88. The van der Waals surface area contributed by atoms with E-state index in [-0.39, 0.29) is 5.91 Å². The lowest BCUT2D eigenvalue weighted by atomic mass is 10.1. The van der Waals surface area contributed by atoms with E-state index in [1.54, 1.807) is 6.07 Å². The molecule has 2 aromatic carbocycles. The lowest BCUT2D eigenvalue weighted by Crippen LogP contribution is -2.14. The zero-order chi connectivity index (χ0) is 14.0. The highest BCUT2D eigenvalue weighted by Crippen LogP contribution is 2.24. The van der Waals surface area contributed by atoms with Crippen molar-refractivity contribution in [2.24, 2.45) is 0 Å². The van der Waals surface area contributed by atoms with Crippen molar-refractivity contribution in [3.05, 3.63) is 56.7 Å². The van der Waals surface area contributed by atoms with Crippen LogP contribution >= 0.6 is 22.6 Å². The van der Waals surface area contributed by atoms with Crippen LogP contribution in [0.1, 0.15) is 21.5 Å². The maximum Gasteiger partial charge on any atom is 0.255 e. The summed E-state index contributed by atoms with van der Waals surface area (Å²) in [7, 11) is 0. The summed E-state index contributed by atoms with van der Waals surface area (Å²) in [5.41, 5.74) is 9.91. The van der Waals surface area contributed by atoms with Crippen molar-refractivity contribution in [3.8, 4) is 0 Å². The average molecular weight is 366 g/mol. The number of nitrogens with two attached hydrogens (primary N) is 1. The normalized spacial score (nSPS) is 10.3. The van der Waals surface area contributed by atoms with Crippen LogP contribution < -0.4 is 11.1 Å². The summed E-state index contributed by atoms with van der Waals surface area (Å²) < 4.78 is 1.04. The van der Waals surface area contributed by atoms with Crippen molar-refractivity contribution in [1.29, 1.82) is 0 Å². The third kappa shape index (κ3) is 3.26. The SMILES string of the molecule is Cc1cc(N)cc(C)c1NC(=O)c1cccc(I)c1. The minimum absolute atomic E-state index is 0.102. The van der Waals surface area contributed by atoms with Gasteiger partial charge in [0.25, 0.3) is 5.91 Å². The number of anilines is 2. The molecule has 0 aliphatic rings. The van der Waals surface area contributed by atoms with Gasteiger partial charge in [-0.25, -0.2) is 0 Å². The van der Waals surface area contributed by atoms with Crippen molar-refractivity contribution < 1.29 is 4.79 Å². The molecule has 98 valence electrons. The lowest BCUT2D eigenvalue weighted by Gasteiger charge is -2.12. The van der Waals surface area contributed by atoms with Crippen molar-refractivity contribution >= 4 is 39.9 Å². The summed E-state index contributed by atoms with van der Waals surface area (Å²) in [4.78, 5) is 12.2. The molecule has 3 N–H and O–H groups in total. The Balaban J connectivity index is 2.29. The lowest BCUT2D eigenvalue weighted by molar-refractivity contribution is 0.102. The van der Waals surface area contributed by atoms with Gasteiger partial charge in [0.05, 0.1) is 0 Å². The molecule has 19 heavy (non-hydrogen) atoms. The second kappa shape index (κ2) is 5.61. The van der Waals surface area contributed by atoms with Crippen molar-refractivity contribution in [2.75, 3.05) is 11.1 Å². The molecule has 0 bridgehead atoms. The van der Waals surface area contributed by atoms with Gasteiger partial charge in [-0.2, -0.15) is 0 Å². The zero-order valence-electron chi connectivity index (χ0n) is 10.8. The van der Waals surface area contributed by atoms with E-state index in [2.05, 4.69) is 27.9 Å². The van der Waals surface area contributed by atoms with Gasteiger partial charge in [0.2, 0.25) is 0 Å². The molecule has 0 unspecified atom stereocenters. The van der Waals surface area contributed by atoms with Gasteiger partial charge in [0.15, 0.2) is 0 Å². The number of amides is 1. The predicted octanol–water partition coefficient (Wildman–Crippen LogP) is 3.74. The van der Waals surface area contributed by atoms with Crippen LogP contribution in [0.15, 0.2) is 36.4 Å². The van der Waals surface area contributed by atoms with Gasteiger partial charge in [0, 0.05) is 20.5 Å². The van der Waals surface area contributed by atoms with Crippen LogP contribution in [0, 0.1) is 17.4 Å². The predicted molar refractivity (Wildman–Crippen MR) is 87.4 cm³/mol. The highest BCUT2D eigenvalue weighted by Gasteiger charge is 2.10. The molecule has 0 saturated carbocycles. The first-order valence-electron chi connectivity index (χ1n) is 5.91. The summed E-state index contributed by atoms with van der Waals surface area (Å²) in [6.45, 7) is 3.88. The Bertz CT molecular complexity index is 615. The Hall–Kier alpha value is -1.56. The molecule has 0 spiro atoms. The maximum absolute atomic E-state index is 12.2. The number of aryl methyl sites for hydroxylation is 2. The first kappa shape index (κ1) is 13.9. The summed E-state index contributed by atoms with van der Waals surface area (Å²) in [6, 6.07) is 11.2. The summed E-state index contributed by atoms with van der Waals surface area (Å²) >= 11 is 2.19. The van der Waals surface area contributed by atoms with Gasteiger partial charge in [-0.1, -0.05) is 6.07 Å². The Kier molecular flexibility index (Phi) is 4.09. The van der Waals surface area contributed by atoms with E-state index in [1.807, 2.05) is 44.2 Å². The number of rotatable bonds is 2. The molecule has 0 fully saturated rings. The topological polar surface area (TPSA) is 55.1 Å². The summed E-state index contributed by atoms with van der Waals surface area (Å²) in [5, 5.41) is 2.95. The van der Waals surface area contributed by atoms with E-state index in [1.165, 1.54) is 0 Å². The van der Waals surface area contributed by atoms with Gasteiger partial charge >= 0.3 is 0 Å². The van der Waals surface area contributed by atoms with E-state index < -0.39 is 0 Å². The Labute approximate surface area is 126 Å². The van der Waals surface area contributed by atoms with E-state index in [9.17, 15) is 4.79 Å². The van der Waals surface area contributed by atoms with Gasteiger partial charge in [-0.05, 0) is 77.9 Å². The first-order valence-corrected chi connectivity index (χ1v) is 6.99. The fourth-order valence-electron chi connectivity index (χ4n) is 2.01. The molecular formula is C15H15IN2O. The van der Waals surface area contributed by atoms with Crippen molar-refractivity contribution in [3.63, 3.8) is 0 Å². The average Bonchev–Trinajstić information content (AvgIpc) is 2.33. The summed E-state index contributed by atoms with van der Waals surface area (Å²) in [6.07, 6.45) is 0. The summed E-state index contributed by atoms with van der Waals surface area (Å²) in [5.74, 6) is -0.102. The number of hydrogen-bond acceptors (Lipinski definition) is 2. The fraction of sp³-hybridized carbons (Fsp3) is 0.133. The molecule has 1 amide bonds. The van der Waals surface area contributed by atoms with Gasteiger partial charge in [-0.15, -0.1) is 0 Å². The van der Waals surface area contributed by atoms with Crippen LogP contribution in [-0.2, 0) is 0 Å². The number of nitrogens with one attached hydrogen (secondary N) is 1. The highest BCUT2D eigenvalue weighted by atomic mass is 127. The smallest absolute Gasteiger partial charge is 0.255 e. The van der Waals surface area contributed by atoms with Crippen molar-refractivity contribution in [1.82, 2.24) is 0 Å². The van der Waals surface area contributed by atoms with Gasteiger partial charge < -0.3 is 11.1 Å². The van der Waals surface area contributed by atoms with E-state index in [0.717, 1.165) is 20.4 Å². The third-order valence-corrected chi connectivity index (χ3v) is 3.55. The second-order valence-electron chi connectivity index (χ2n) is 4.49. The van der Waals surface area contributed by atoms with Crippen LogP contribution in [-0.4, -0.2) is 5.91 Å². The van der Waals surface area contributed by atoms with E-state index >= 15 is 0 Å². The standard InChI is InChI=1S/C15H15IN2O/c1-9-6-13(17)7-10(2)14(9)18-15(19)11-4-3-5-12(16)8-11/h3-8H,17H2,1-2H3,(H,18,19). The van der Waals surface area contributed by atoms with Crippen LogP contribution in [0.2, 0.25) is 0 Å². The fourth-order valence-corrected chi connectivity index (χ4v) is 2.55. The monoisotopic (exact) mass is 366 g/mol. The number of carbonyl (C=O) groups excluding carboxylic acids is 1. The van der Waals surface area contributed by atoms with Gasteiger partial charge in [0.1, 0.15) is 0 Å². The molecule has 0 radical (unpaired) electrons. The Morgan fingerprint density at radius 1 is 1.16 bits per heavy atom. The zero-order valence-corrected chi connectivity index (χ0v) is 13.0. The molecule has 0 atom stereocenters. The Morgan fingerprint density at radius 2 is 1.79 bits per heavy atom. The van der Waals surface area contributed by atoms with Crippen molar-refractivity contribution in [2.45, 2.75) is 13.8 Å². The molecular weight excluding hydrogens is 351 g/mol. The molecule has 3 nitrogen and oxygen atoms in total. The quantitative estimate of drug-likeness (QED) is 0.629.